The second-order valence-corrected chi connectivity index (χ2v) is 6.99. The van der Waals surface area contributed by atoms with E-state index in [-0.39, 0.29) is 24.6 Å². The molecular formula is C20H17ClN6O3. The largest absolute Gasteiger partial charge is 0.368 e. The van der Waals surface area contributed by atoms with E-state index in [1.165, 1.54) is 5.01 Å². The monoisotopic (exact) mass is 424 g/mol. The highest BCUT2D eigenvalue weighted by Crippen LogP contribution is 2.24. The molecule has 4 rings (SSSR count). The van der Waals surface area contributed by atoms with Crippen molar-refractivity contribution in [3.8, 4) is 11.4 Å². The number of halogens is 1. The topological polar surface area (TPSA) is 127 Å². The molecule has 1 atom stereocenters. The highest BCUT2D eigenvalue weighted by Gasteiger charge is 2.34. The predicted molar refractivity (Wildman–Crippen MR) is 111 cm³/mol. The van der Waals surface area contributed by atoms with E-state index in [1.807, 2.05) is 18.2 Å². The van der Waals surface area contributed by atoms with Crippen LogP contribution in [0.5, 0.6) is 0 Å². The average Bonchev–Trinajstić information content (AvgIpc) is 3.40. The Hall–Kier alpha value is -3.72. The molecule has 0 fully saturated rings. The van der Waals surface area contributed by atoms with Crippen molar-refractivity contribution >= 4 is 34.8 Å². The van der Waals surface area contributed by atoms with Crippen LogP contribution in [0.1, 0.15) is 12.3 Å². The first-order valence-electron chi connectivity index (χ1n) is 9.09. The van der Waals surface area contributed by atoms with Crippen molar-refractivity contribution in [1.82, 2.24) is 15.5 Å². The van der Waals surface area contributed by atoms with Crippen molar-refractivity contribution in [3.63, 3.8) is 0 Å². The van der Waals surface area contributed by atoms with Gasteiger partial charge in [-0.3, -0.25) is 14.6 Å². The van der Waals surface area contributed by atoms with Gasteiger partial charge in [-0.2, -0.15) is 10.1 Å². The molecule has 3 N–H and O–H groups in total. The third-order valence-corrected chi connectivity index (χ3v) is 4.71. The summed E-state index contributed by atoms with van der Waals surface area (Å²) >= 11 is 5.97. The maximum atomic E-state index is 12.6. The number of nitrogens with zero attached hydrogens (tertiary/aromatic N) is 4. The molecule has 1 aliphatic heterocycles. The average molecular weight is 425 g/mol. The minimum absolute atomic E-state index is 0.0119. The number of aromatic nitrogens is 2. The molecule has 3 aromatic rings. The zero-order valence-electron chi connectivity index (χ0n) is 15.7. The minimum atomic E-state index is -0.731. The van der Waals surface area contributed by atoms with Crippen LogP contribution in [-0.2, 0) is 16.1 Å². The first-order chi connectivity index (χ1) is 14.5. The normalized spacial score (nSPS) is 15.7. The number of carbonyl (C=O) groups is 2. The van der Waals surface area contributed by atoms with E-state index in [0.717, 1.165) is 0 Å². The predicted octanol–water partition coefficient (Wildman–Crippen LogP) is 2.13. The summed E-state index contributed by atoms with van der Waals surface area (Å²) in [5.74, 6) is -0.414. The number of nitrogens with one attached hydrogen (secondary N) is 1. The third kappa shape index (κ3) is 4.15. The molecule has 30 heavy (non-hydrogen) atoms. The van der Waals surface area contributed by atoms with E-state index in [0.29, 0.717) is 22.1 Å². The van der Waals surface area contributed by atoms with E-state index in [9.17, 15) is 9.59 Å². The Bertz CT molecular complexity index is 1110. The van der Waals surface area contributed by atoms with Gasteiger partial charge < -0.3 is 15.6 Å². The summed E-state index contributed by atoms with van der Waals surface area (Å²) in [7, 11) is 0. The van der Waals surface area contributed by atoms with Gasteiger partial charge in [0.15, 0.2) is 0 Å². The molecule has 2 amide bonds. The van der Waals surface area contributed by atoms with Gasteiger partial charge >= 0.3 is 0 Å². The van der Waals surface area contributed by atoms with Gasteiger partial charge in [0.05, 0.1) is 12.2 Å². The van der Waals surface area contributed by atoms with Gasteiger partial charge in [-0.15, -0.1) is 0 Å². The summed E-state index contributed by atoms with van der Waals surface area (Å²) in [5.41, 5.74) is 7.06. The van der Waals surface area contributed by atoms with Gasteiger partial charge in [0, 0.05) is 17.0 Å². The number of rotatable bonds is 6. The fourth-order valence-corrected chi connectivity index (χ4v) is 3.21. The van der Waals surface area contributed by atoms with Crippen molar-refractivity contribution in [3.05, 3.63) is 65.5 Å². The molecular weight excluding hydrogens is 408 g/mol. The Morgan fingerprint density at radius 1 is 1.20 bits per heavy atom. The maximum Gasteiger partial charge on any atom is 0.268 e. The molecule has 2 heterocycles. The number of hydrogen-bond acceptors (Lipinski definition) is 7. The lowest BCUT2D eigenvalue weighted by Gasteiger charge is -2.20. The molecule has 1 aliphatic rings. The van der Waals surface area contributed by atoms with Crippen LogP contribution in [0, 0.1) is 0 Å². The molecule has 0 spiro atoms. The molecule has 2 aromatic carbocycles. The smallest absolute Gasteiger partial charge is 0.268 e. The fraction of sp³-hybridized carbons (Fsp3) is 0.150. The second-order valence-electron chi connectivity index (χ2n) is 6.55. The Morgan fingerprint density at radius 2 is 2.00 bits per heavy atom. The molecule has 0 saturated heterocycles. The van der Waals surface area contributed by atoms with Crippen LogP contribution in [-0.4, -0.2) is 33.7 Å². The van der Waals surface area contributed by atoms with Crippen molar-refractivity contribution in [2.75, 3.05) is 5.01 Å². The SMILES string of the molecule is NC(=O)C1CC(C(=O)NCc2nc(-c3cccc(Cl)c3)no2)=NN1c1ccccc1. The Kier molecular flexibility index (Phi) is 5.44. The van der Waals surface area contributed by atoms with Crippen LogP contribution in [0.25, 0.3) is 11.4 Å². The summed E-state index contributed by atoms with van der Waals surface area (Å²) in [6, 6.07) is 15.4. The lowest BCUT2D eigenvalue weighted by atomic mass is 10.1. The zero-order chi connectivity index (χ0) is 21.1. The van der Waals surface area contributed by atoms with Crippen molar-refractivity contribution in [2.45, 2.75) is 19.0 Å². The number of benzene rings is 2. The van der Waals surface area contributed by atoms with Crippen LogP contribution >= 0.6 is 11.6 Å². The van der Waals surface area contributed by atoms with E-state index in [1.54, 1.807) is 36.4 Å². The van der Waals surface area contributed by atoms with Crippen LogP contribution < -0.4 is 16.1 Å². The molecule has 152 valence electrons. The lowest BCUT2D eigenvalue weighted by Crippen LogP contribution is -2.39. The standard InChI is InChI=1S/C20H17ClN6O3/c21-13-6-4-5-12(9-13)19-24-17(30-26-19)11-23-20(29)15-10-16(18(22)28)27(25-15)14-7-2-1-3-8-14/h1-9,16H,10-11H2,(H2,22,28)(H,23,29). The van der Waals surface area contributed by atoms with E-state index in [4.69, 9.17) is 21.9 Å². The minimum Gasteiger partial charge on any atom is -0.368 e. The van der Waals surface area contributed by atoms with Gasteiger partial charge in [-0.25, -0.2) is 0 Å². The fourth-order valence-electron chi connectivity index (χ4n) is 3.02. The number of para-hydroxylation sites is 1. The molecule has 0 radical (unpaired) electrons. The summed E-state index contributed by atoms with van der Waals surface area (Å²) in [4.78, 5) is 28.6. The van der Waals surface area contributed by atoms with E-state index in [2.05, 4.69) is 20.6 Å². The Balaban J connectivity index is 1.43. The number of primary amides is 1. The molecule has 1 unspecified atom stereocenters. The van der Waals surface area contributed by atoms with Gasteiger partial charge in [0.1, 0.15) is 11.8 Å². The lowest BCUT2D eigenvalue weighted by molar-refractivity contribution is -0.119. The summed E-state index contributed by atoms with van der Waals surface area (Å²) in [5, 5.41) is 12.9. The number of amides is 2. The molecule has 10 heteroatoms. The third-order valence-electron chi connectivity index (χ3n) is 4.47. The molecule has 0 bridgehead atoms. The quantitative estimate of drug-likeness (QED) is 0.624. The van der Waals surface area contributed by atoms with Gasteiger partial charge in [0.2, 0.25) is 17.6 Å². The number of carbonyl (C=O) groups excluding carboxylic acids is 2. The first-order valence-corrected chi connectivity index (χ1v) is 9.47. The highest BCUT2D eigenvalue weighted by molar-refractivity contribution is 6.40. The van der Waals surface area contributed by atoms with Crippen molar-refractivity contribution < 1.29 is 14.1 Å². The van der Waals surface area contributed by atoms with Crippen LogP contribution in [0.2, 0.25) is 5.02 Å². The Morgan fingerprint density at radius 3 is 2.73 bits per heavy atom. The van der Waals surface area contributed by atoms with Gasteiger partial charge in [-0.1, -0.05) is 47.1 Å². The van der Waals surface area contributed by atoms with Gasteiger partial charge in [-0.05, 0) is 24.3 Å². The first kappa shape index (κ1) is 19.6. The van der Waals surface area contributed by atoms with E-state index < -0.39 is 17.9 Å². The molecule has 0 aliphatic carbocycles. The number of anilines is 1. The second kappa shape index (κ2) is 8.34. The van der Waals surface area contributed by atoms with Crippen molar-refractivity contribution in [2.24, 2.45) is 10.8 Å². The van der Waals surface area contributed by atoms with Gasteiger partial charge in [0.25, 0.3) is 5.91 Å². The zero-order valence-corrected chi connectivity index (χ0v) is 16.4. The van der Waals surface area contributed by atoms with Crippen LogP contribution in [0.15, 0.2) is 64.2 Å². The molecule has 1 aromatic heterocycles. The van der Waals surface area contributed by atoms with E-state index >= 15 is 0 Å². The molecule has 0 saturated carbocycles. The summed E-state index contributed by atoms with van der Waals surface area (Å²) in [6.45, 7) is 0.0119. The van der Waals surface area contributed by atoms with Crippen LogP contribution in [0.3, 0.4) is 0 Å². The van der Waals surface area contributed by atoms with Crippen LogP contribution in [0.4, 0.5) is 5.69 Å². The number of hydrazone groups is 1. The van der Waals surface area contributed by atoms with Crippen molar-refractivity contribution in [1.29, 1.82) is 0 Å². The Labute approximate surface area is 176 Å². The maximum absolute atomic E-state index is 12.6. The summed E-state index contributed by atoms with van der Waals surface area (Å²) in [6.07, 6.45) is 0.105. The summed E-state index contributed by atoms with van der Waals surface area (Å²) < 4.78 is 5.18. The number of nitrogens with two attached hydrogens (primary N) is 1. The number of hydrogen-bond donors (Lipinski definition) is 2. The molecule has 9 nitrogen and oxygen atoms in total. The highest BCUT2D eigenvalue weighted by atomic mass is 35.5.